The van der Waals surface area contributed by atoms with Gasteiger partial charge in [0, 0.05) is 23.8 Å². The van der Waals surface area contributed by atoms with E-state index in [0.29, 0.717) is 12.6 Å². The summed E-state index contributed by atoms with van der Waals surface area (Å²) in [5.41, 5.74) is 3.87. The van der Waals surface area contributed by atoms with Gasteiger partial charge in [0.15, 0.2) is 0 Å². The van der Waals surface area contributed by atoms with Crippen LogP contribution in [0.3, 0.4) is 0 Å². The van der Waals surface area contributed by atoms with E-state index in [2.05, 4.69) is 61.5 Å². The van der Waals surface area contributed by atoms with Crippen LogP contribution in [0.2, 0.25) is 0 Å². The van der Waals surface area contributed by atoms with E-state index < -0.39 is 0 Å². The molecule has 1 unspecified atom stereocenters. The van der Waals surface area contributed by atoms with Crippen molar-refractivity contribution in [3.8, 4) is 5.75 Å². The number of benzene rings is 2. The quantitative estimate of drug-likeness (QED) is 0.855. The minimum absolute atomic E-state index is 0.0857. The summed E-state index contributed by atoms with van der Waals surface area (Å²) in [5.74, 6) is 0.902. The number of anilines is 2. The number of ether oxygens (including phenoxy) is 1. The summed E-state index contributed by atoms with van der Waals surface area (Å²) in [5, 5.41) is 3.36. The molecule has 3 heteroatoms. The summed E-state index contributed by atoms with van der Waals surface area (Å²) in [6.45, 7) is 7.30. The second-order valence-corrected chi connectivity index (χ2v) is 6.76. The van der Waals surface area contributed by atoms with Crippen LogP contribution in [-0.4, -0.2) is 19.7 Å². The van der Waals surface area contributed by atoms with E-state index in [1.54, 1.807) is 0 Å². The van der Waals surface area contributed by atoms with Crippen LogP contribution in [0, 0.1) is 0 Å². The number of hydrogen-bond donors (Lipinski definition) is 1. The molecular weight excluding hydrogens is 296 g/mol. The molecule has 126 valence electrons. The summed E-state index contributed by atoms with van der Waals surface area (Å²) in [7, 11) is 2.17. The average molecular weight is 322 g/mol. The van der Waals surface area contributed by atoms with Crippen LogP contribution in [-0.2, 0) is 5.41 Å². The Labute approximate surface area is 145 Å². The molecule has 1 N–H and O–H groups in total. The number of nitrogens with zero attached hydrogens (tertiary/aromatic N) is 1. The van der Waals surface area contributed by atoms with Crippen LogP contribution in [0.5, 0.6) is 5.75 Å². The van der Waals surface area contributed by atoms with E-state index in [-0.39, 0.29) is 5.41 Å². The van der Waals surface area contributed by atoms with Crippen molar-refractivity contribution in [1.82, 2.24) is 0 Å². The summed E-state index contributed by atoms with van der Waals surface area (Å²) in [6.07, 6.45) is 4.29. The van der Waals surface area contributed by atoms with Crippen molar-refractivity contribution in [1.29, 1.82) is 0 Å². The molecule has 0 amide bonds. The predicted molar refractivity (Wildman–Crippen MR) is 102 cm³/mol. The Balaban J connectivity index is 1.71. The van der Waals surface area contributed by atoms with Crippen LogP contribution in [0.15, 0.2) is 60.8 Å². The van der Waals surface area contributed by atoms with Gasteiger partial charge < -0.3 is 15.0 Å². The van der Waals surface area contributed by atoms with E-state index in [9.17, 15) is 0 Å². The third kappa shape index (κ3) is 2.99. The topological polar surface area (TPSA) is 24.5 Å². The molecule has 2 aromatic rings. The standard InChI is InChI=1S/C21H26N2O/c1-5-24-17-12-10-16(11-13-17)22-15-14-20-21(2,3)18-8-6-7-9-19(18)23(20)4/h6-15,20,22H,5H2,1-4H3. The molecule has 1 heterocycles. The lowest BCUT2D eigenvalue weighted by molar-refractivity contribution is 0.340. The lowest BCUT2D eigenvalue weighted by Gasteiger charge is -2.29. The van der Waals surface area contributed by atoms with E-state index in [0.717, 1.165) is 11.4 Å². The van der Waals surface area contributed by atoms with Crippen LogP contribution in [0.1, 0.15) is 26.3 Å². The molecule has 0 radical (unpaired) electrons. The lowest BCUT2D eigenvalue weighted by Crippen LogP contribution is -2.37. The van der Waals surface area contributed by atoms with Gasteiger partial charge in [0.25, 0.3) is 0 Å². The highest BCUT2D eigenvalue weighted by Gasteiger charge is 2.41. The number of rotatable bonds is 5. The Hall–Kier alpha value is -2.42. The zero-order valence-electron chi connectivity index (χ0n) is 14.9. The van der Waals surface area contributed by atoms with Crippen LogP contribution >= 0.6 is 0 Å². The smallest absolute Gasteiger partial charge is 0.119 e. The molecule has 0 spiro atoms. The summed E-state index contributed by atoms with van der Waals surface area (Å²) in [4.78, 5) is 2.35. The fourth-order valence-corrected chi connectivity index (χ4v) is 3.54. The van der Waals surface area contributed by atoms with Crippen molar-refractivity contribution in [3.63, 3.8) is 0 Å². The predicted octanol–water partition coefficient (Wildman–Crippen LogP) is 4.81. The zero-order valence-corrected chi connectivity index (χ0v) is 14.9. The molecule has 2 aromatic carbocycles. The van der Waals surface area contributed by atoms with E-state index in [1.807, 2.05) is 37.4 Å². The average Bonchev–Trinajstić information content (AvgIpc) is 2.78. The van der Waals surface area contributed by atoms with Gasteiger partial charge in [-0.25, -0.2) is 0 Å². The fraction of sp³-hybridized carbons (Fsp3) is 0.333. The Morgan fingerprint density at radius 1 is 1.12 bits per heavy atom. The first kappa shape index (κ1) is 16.4. The Morgan fingerprint density at radius 3 is 2.50 bits per heavy atom. The highest BCUT2D eigenvalue weighted by atomic mass is 16.5. The summed E-state index contributed by atoms with van der Waals surface area (Å²) < 4.78 is 5.47. The lowest BCUT2D eigenvalue weighted by atomic mass is 9.80. The summed E-state index contributed by atoms with van der Waals surface area (Å²) >= 11 is 0. The van der Waals surface area contributed by atoms with Gasteiger partial charge in [-0.15, -0.1) is 0 Å². The molecule has 1 atom stereocenters. The van der Waals surface area contributed by atoms with Crippen LogP contribution in [0.25, 0.3) is 0 Å². The summed E-state index contributed by atoms with van der Waals surface area (Å²) in [6, 6.07) is 17.0. The van der Waals surface area contributed by atoms with Crippen LogP contribution < -0.4 is 15.0 Å². The van der Waals surface area contributed by atoms with Gasteiger partial charge in [-0.3, -0.25) is 0 Å². The minimum atomic E-state index is 0.0857. The van der Waals surface area contributed by atoms with Crippen molar-refractivity contribution >= 4 is 11.4 Å². The zero-order chi connectivity index (χ0) is 17.2. The molecule has 3 nitrogen and oxygen atoms in total. The van der Waals surface area contributed by atoms with E-state index >= 15 is 0 Å². The van der Waals surface area contributed by atoms with Crippen molar-refractivity contribution in [3.05, 3.63) is 66.4 Å². The Kier molecular flexibility index (Phi) is 4.52. The van der Waals surface area contributed by atoms with Gasteiger partial charge in [0.05, 0.1) is 12.6 Å². The first-order chi connectivity index (χ1) is 11.5. The molecule has 0 saturated heterocycles. The van der Waals surface area contributed by atoms with Gasteiger partial charge >= 0.3 is 0 Å². The third-order valence-electron chi connectivity index (χ3n) is 4.83. The first-order valence-electron chi connectivity index (χ1n) is 8.52. The maximum atomic E-state index is 5.47. The Morgan fingerprint density at radius 2 is 1.83 bits per heavy atom. The van der Waals surface area contributed by atoms with Gasteiger partial charge in [-0.05, 0) is 55.1 Å². The molecule has 0 bridgehead atoms. The van der Waals surface area contributed by atoms with Gasteiger partial charge in [0.2, 0.25) is 0 Å². The second-order valence-electron chi connectivity index (χ2n) is 6.76. The van der Waals surface area contributed by atoms with Gasteiger partial charge in [-0.1, -0.05) is 32.0 Å². The van der Waals surface area contributed by atoms with Crippen molar-refractivity contribution < 1.29 is 4.74 Å². The SMILES string of the molecule is CCOc1ccc(NC=CC2N(C)c3ccccc3C2(C)C)cc1. The molecule has 24 heavy (non-hydrogen) atoms. The third-order valence-corrected chi connectivity index (χ3v) is 4.83. The molecule has 1 aliphatic heterocycles. The van der Waals surface area contributed by atoms with Crippen molar-refractivity contribution in [2.45, 2.75) is 32.2 Å². The molecule has 3 rings (SSSR count). The maximum Gasteiger partial charge on any atom is 0.119 e. The van der Waals surface area contributed by atoms with E-state index in [4.69, 9.17) is 4.74 Å². The number of likely N-dealkylation sites (N-methyl/N-ethyl adjacent to an activating group) is 1. The fourth-order valence-electron chi connectivity index (χ4n) is 3.54. The second kappa shape index (κ2) is 6.60. The number of fused-ring (bicyclic) bond motifs is 1. The van der Waals surface area contributed by atoms with Gasteiger partial charge in [-0.2, -0.15) is 0 Å². The molecule has 0 fully saturated rings. The van der Waals surface area contributed by atoms with E-state index in [1.165, 1.54) is 11.3 Å². The molecule has 1 aliphatic rings. The number of hydrogen-bond acceptors (Lipinski definition) is 3. The van der Waals surface area contributed by atoms with Crippen molar-refractivity contribution in [2.75, 3.05) is 23.9 Å². The highest BCUT2D eigenvalue weighted by molar-refractivity contribution is 5.64. The van der Waals surface area contributed by atoms with Gasteiger partial charge in [0.1, 0.15) is 5.75 Å². The maximum absolute atomic E-state index is 5.47. The molecule has 0 saturated carbocycles. The highest BCUT2D eigenvalue weighted by Crippen LogP contribution is 2.44. The largest absolute Gasteiger partial charge is 0.494 e. The molecular formula is C21H26N2O. The number of para-hydroxylation sites is 1. The Bertz CT molecular complexity index is 719. The number of nitrogens with one attached hydrogen (secondary N) is 1. The molecule has 0 aliphatic carbocycles. The van der Waals surface area contributed by atoms with Crippen molar-refractivity contribution in [2.24, 2.45) is 0 Å². The normalized spacial score (nSPS) is 18.7. The molecule has 0 aromatic heterocycles. The van der Waals surface area contributed by atoms with Crippen LogP contribution in [0.4, 0.5) is 11.4 Å². The minimum Gasteiger partial charge on any atom is -0.494 e. The first-order valence-corrected chi connectivity index (χ1v) is 8.52. The monoisotopic (exact) mass is 322 g/mol.